The summed E-state index contributed by atoms with van der Waals surface area (Å²) < 4.78 is 23.0. The van der Waals surface area contributed by atoms with Crippen LogP contribution in [0.1, 0.15) is 29.3 Å². The van der Waals surface area contributed by atoms with Gasteiger partial charge in [0.15, 0.2) is 0 Å². The Labute approximate surface area is 121 Å². The van der Waals surface area contributed by atoms with E-state index in [0.29, 0.717) is 5.92 Å². The summed E-state index contributed by atoms with van der Waals surface area (Å²) in [6.07, 6.45) is 0.835. The summed E-state index contributed by atoms with van der Waals surface area (Å²) in [5.41, 5.74) is -0.431. The molecule has 0 aliphatic heterocycles. The molecule has 0 saturated heterocycles. The molecule has 1 aliphatic rings. The van der Waals surface area contributed by atoms with Crippen LogP contribution in [0, 0.1) is 23.0 Å². The smallest absolute Gasteiger partial charge is 0.271 e. The molecule has 1 fully saturated rings. The van der Waals surface area contributed by atoms with Crippen molar-refractivity contribution >= 4 is 21.6 Å². The van der Waals surface area contributed by atoms with Gasteiger partial charge in [0.05, 0.1) is 15.4 Å². The fourth-order valence-electron chi connectivity index (χ4n) is 2.08. The number of benzene rings is 1. The number of non-ortho nitro benzene ring substituents is 1. The molecule has 0 aromatic heterocycles. The van der Waals surface area contributed by atoms with Gasteiger partial charge in [0.2, 0.25) is 10.0 Å². The van der Waals surface area contributed by atoms with Crippen LogP contribution in [0.5, 0.6) is 0 Å². The van der Waals surface area contributed by atoms with Crippen LogP contribution in [0.2, 0.25) is 0 Å². The van der Waals surface area contributed by atoms with E-state index in [2.05, 4.69) is 5.32 Å². The zero-order chi connectivity index (χ0) is 15.9. The van der Waals surface area contributed by atoms with Gasteiger partial charge in [-0.3, -0.25) is 14.9 Å². The van der Waals surface area contributed by atoms with Gasteiger partial charge in [-0.05, 0) is 24.8 Å². The van der Waals surface area contributed by atoms with E-state index in [1.165, 1.54) is 6.92 Å². The lowest BCUT2D eigenvalue weighted by atomic mass is 10.1. The second kappa shape index (κ2) is 5.08. The largest absolute Gasteiger partial charge is 0.349 e. The number of nitrogens with zero attached hydrogens (tertiary/aromatic N) is 1. The van der Waals surface area contributed by atoms with Crippen molar-refractivity contribution in [3.8, 4) is 0 Å². The van der Waals surface area contributed by atoms with Crippen molar-refractivity contribution in [2.45, 2.75) is 31.2 Å². The van der Waals surface area contributed by atoms with Gasteiger partial charge in [0.25, 0.3) is 11.6 Å². The number of hydrogen-bond acceptors (Lipinski definition) is 5. The second-order valence-corrected chi connectivity index (χ2v) is 6.74. The van der Waals surface area contributed by atoms with Crippen LogP contribution in [0.25, 0.3) is 0 Å². The molecule has 2 atom stereocenters. The zero-order valence-corrected chi connectivity index (χ0v) is 12.3. The van der Waals surface area contributed by atoms with Gasteiger partial charge in [-0.1, -0.05) is 6.92 Å². The number of amides is 1. The molecule has 8 nitrogen and oxygen atoms in total. The van der Waals surface area contributed by atoms with Crippen molar-refractivity contribution in [2.24, 2.45) is 11.1 Å². The van der Waals surface area contributed by atoms with Crippen LogP contribution in [0.15, 0.2) is 17.0 Å². The first-order chi connectivity index (χ1) is 9.61. The molecule has 0 spiro atoms. The maximum Gasteiger partial charge on any atom is 0.271 e. The monoisotopic (exact) mass is 313 g/mol. The number of primary sulfonamides is 1. The predicted octanol–water partition coefficient (Wildman–Crippen LogP) is 0.689. The highest BCUT2D eigenvalue weighted by Crippen LogP contribution is 2.30. The van der Waals surface area contributed by atoms with Crippen molar-refractivity contribution in [3.05, 3.63) is 33.4 Å². The molecule has 0 radical (unpaired) electrons. The van der Waals surface area contributed by atoms with E-state index < -0.39 is 31.4 Å². The summed E-state index contributed by atoms with van der Waals surface area (Å²) in [6, 6.07) is 1.95. The number of nitrogens with one attached hydrogen (secondary N) is 1. The van der Waals surface area contributed by atoms with Gasteiger partial charge in [-0.25, -0.2) is 13.6 Å². The van der Waals surface area contributed by atoms with Crippen LogP contribution < -0.4 is 10.5 Å². The Bertz CT molecular complexity index is 729. The Morgan fingerprint density at radius 2 is 2.05 bits per heavy atom. The second-order valence-electron chi connectivity index (χ2n) is 5.21. The highest BCUT2D eigenvalue weighted by molar-refractivity contribution is 7.89. The van der Waals surface area contributed by atoms with Gasteiger partial charge >= 0.3 is 0 Å². The van der Waals surface area contributed by atoms with Gasteiger partial charge in [0.1, 0.15) is 0 Å². The van der Waals surface area contributed by atoms with Crippen molar-refractivity contribution in [2.75, 3.05) is 0 Å². The first kappa shape index (κ1) is 15.4. The Hall–Kier alpha value is -2.00. The first-order valence-corrected chi connectivity index (χ1v) is 7.78. The molecule has 1 aliphatic carbocycles. The quantitative estimate of drug-likeness (QED) is 0.623. The average molecular weight is 313 g/mol. The molecule has 9 heteroatoms. The molecule has 1 aromatic carbocycles. The molecule has 1 amide bonds. The lowest BCUT2D eigenvalue weighted by molar-refractivity contribution is -0.385. The molecule has 0 bridgehead atoms. The van der Waals surface area contributed by atoms with E-state index in [-0.39, 0.29) is 17.2 Å². The van der Waals surface area contributed by atoms with Crippen molar-refractivity contribution in [1.29, 1.82) is 0 Å². The van der Waals surface area contributed by atoms with E-state index in [1.54, 1.807) is 0 Å². The molecular formula is C12H15N3O5S. The highest BCUT2D eigenvalue weighted by Gasteiger charge is 2.35. The number of nitro benzene ring substituents is 1. The van der Waals surface area contributed by atoms with Crippen LogP contribution >= 0.6 is 0 Å². The maximum atomic E-state index is 12.1. The van der Waals surface area contributed by atoms with Crippen LogP contribution in [-0.2, 0) is 10.0 Å². The van der Waals surface area contributed by atoms with E-state index in [9.17, 15) is 23.3 Å². The molecular weight excluding hydrogens is 298 g/mol. The molecule has 2 rings (SSSR count). The number of carbonyl (C=O) groups excluding carboxylic acids is 1. The SMILES string of the molecule is Cc1c(C(=O)NC2CC2C)cc([N+](=O)[O-])cc1S(N)(=O)=O. The Morgan fingerprint density at radius 3 is 2.48 bits per heavy atom. The summed E-state index contributed by atoms with van der Waals surface area (Å²) in [5, 5.41) is 18.6. The van der Waals surface area contributed by atoms with Gasteiger partial charge < -0.3 is 5.32 Å². The Kier molecular flexibility index (Phi) is 3.72. The third-order valence-corrected chi connectivity index (χ3v) is 4.57. The molecule has 21 heavy (non-hydrogen) atoms. The van der Waals surface area contributed by atoms with Gasteiger partial charge in [-0.15, -0.1) is 0 Å². The summed E-state index contributed by atoms with van der Waals surface area (Å²) >= 11 is 0. The average Bonchev–Trinajstić information content (AvgIpc) is 3.02. The molecule has 2 unspecified atom stereocenters. The van der Waals surface area contributed by atoms with Crippen molar-refractivity contribution in [3.63, 3.8) is 0 Å². The fraction of sp³-hybridized carbons (Fsp3) is 0.417. The number of sulfonamides is 1. The lowest BCUT2D eigenvalue weighted by Crippen LogP contribution is -2.28. The van der Waals surface area contributed by atoms with Gasteiger partial charge in [-0.2, -0.15) is 0 Å². The normalized spacial score (nSPS) is 20.9. The third-order valence-electron chi connectivity index (χ3n) is 3.53. The molecule has 1 aromatic rings. The minimum Gasteiger partial charge on any atom is -0.349 e. The van der Waals surface area contributed by atoms with Crippen molar-refractivity contribution < 1.29 is 18.1 Å². The maximum absolute atomic E-state index is 12.1. The number of carbonyl (C=O) groups is 1. The lowest BCUT2D eigenvalue weighted by Gasteiger charge is -2.10. The summed E-state index contributed by atoms with van der Waals surface area (Å²) in [4.78, 5) is 21.9. The molecule has 114 valence electrons. The number of nitrogens with two attached hydrogens (primary N) is 1. The summed E-state index contributed by atoms with van der Waals surface area (Å²) in [7, 11) is -4.15. The van der Waals surface area contributed by atoms with Gasteiger partial charge in [0, 0.05) is 18.2 Å². The topological polar surface area (TPSA) is 132 Å². The summed E-state index contributed by atoms with van der Waals surface area (Å²) in [5.74, 6) is -0.180. The number of nitro groups is 1. The van der Waals surface area contributed by atoms with Crippen molar-refractivity contribution in [1.82, 2.24) is 5.32 Å². The highest BCUT2D eigenvalue weighted by atomic mass is 32.2. The minimum absolute atomic E-state index is 0.0223. The summed E-state index contributed by atoms with van der Waals surface area (Å²) in [6.45, 7) is 3.36. The first-order valence-electron chi connectivity index (χ1n) is 6.24. The van der Waals surface area contributed by atoms with E-state index in [4.69, 9.17) is 5.14 Å². The minimum atomic E-state index is -4.15. The van der Waals surface area contributed by atoms with E-state index in [0.717, 1.165) is 18.6 Å². The van der Waals surface area contributed by atoms with Crippen LogP contribution in [0.4, 0.5) is 5.69 Å². The fourth-order valence-corrected chi connectivity index (χ4v) is 2.90. The molecule has 3 N–H and O–H groups in total. The Morgan fingerprint density at radius 1 is 1.48 bits per heavy atom. The predicted molar refractivity (Wildman–Crippen MR) is 74.2 cm³/mol. The zero-order valence-electron chi connectivity index (χ0n) is 11.5. The van der Waals surface area contributed by atoms with Crippen LogP contribution in [-0.4, -0.2) is 25.3 Å². The molecule has 1 saturated carbocycles. The Balaban J connectivity index is 2.51. The third kappa shape index (κ3) is 3.19. The van der Waals surface area contributed by atoms with Crippen LogP contribution in [0.3, 0.4) is 0 Å². The molecule has 0 heterocycles. The van der Waals surface area contributed by atoms with E-state index in [1.807, 2.05) is 6.92 Å². The van der Waals surface area contributed by atoms with E-state index >= 15 is 0 Å². The standard InChI is InChI=1S/C12H15N3O5S/c1-6-3-10(6)14-12(16)9-4-8(15(17)18)5-11(7(9)2)21(13,19)20/h4-6,10H,3H2,1-2H3,(H,14,16)(H2,13,19,20). The number of rotatable bonds is 4. The number of hydrogen-bond donors (Lipinski definition) is 2.